The van der Waals surface area contributed by atoms with Crippen LogP contribution in [0.3, 0.4) is 0 Å². The molecule has 2 rings (SSSR count). The zero-order valence-corrected chi connectivity index (χ0v) is 13.3. The standard InChI is InChI=1S/C16H26N4O/c1-4-9-17-15-6-5-13(12-18-15)16(21)20(3)14-7-10-19(2)11-8-14/h5-6,12,14H,4,7-11H2,1-3H3,(H,17,18). The van der Waals surface area contributed by atoms with Crippen molar-refractivity contribution in [1.29, 1.82) is 0 Å². The fraction of sp³-hybridized carbons (Fsp3) is 0.625. The van der Waals surface area contributed by atoms with Crippen LogP contribution in [0.1, 0.15) is 36.5 Å². The third kappa shape index (κ3) is 4.17. The summed E-state index contributed by atoms with van der Waals surface area (Å²) in [5.74, 6) is 0.898. The van der Waals surface area contributed by atoms with Crippen molar-refractivity contribution in [2.45, 2.75) is 32.2 Å². The van der Waals surface area contributed by atoms with E-state index in [1.165, 1.54) is 0 Å². The maximum absolute atomic E-state index is 12.5. The van der Waals surface area contributed by atoms with Crippen LogP contribution in [0.5, 0.6) is 0 Å². The molecule has 116 valence electrons. The molecule has 1 aromatic heterocycles. The van der Waals surface area contributed by atoms with Crippen LogP contribution in [0.25, 0.3) is 0 Å². The van der Waals surface area contributed by atoms with Gasteiger partial charge in [-0.25, -0.2) is 4.98 Å². The number of carbonyl (C=O) groups is 1. The molecule has 2 heterocycles. The van der Waals surface area contributed by atoms with Crippen LogP contribution in [-0.4, -0.2) is 60.5 Å². The Hall–Kier alpha value is -1.62. The lowest BCUT2D eigenvalue weighted by atomic mass is 10.0. The zero-order chi connectivity index (χ0) is 15.2. The molecule has 0 aliphatic carbocycles. The van der Waals surface area contributed by atoms with E-state index >= 15 is 0 Å². The molecule has 1 aliphatic rings. The summed E-state index contributed by atoms with van der Waals surface area (Å²) in [5, 5.41) is 3.22. The molecule has 0 atom stereocenters. The van der Waals surface area contributed by atoms with E-state index in [9.17, 15) is 4.79 Å². The molecule has 1 aliphatic heterocycles. The number of hydrogen-bond acceptors (Lipinski definition) is 4. The summed E-state index contributed by atoms with van der Waals surface area (Å²) < 4.78 is 0. The van der Waals surface area contributed by atoms with Crippen molar-refractivity contribution < 1.29 is 4.79 Å². The molecule has 1 amide bonds. The quantitative estimate of drug-likeness (QED) is 0.902. The van der Waals surface area contributed by atoms with Crippen LogP contribution in [-0.2, 0) is 0 Å². The highest BCUT2D eigenvalue weighted by atomic mass is 16.2. The van der Waals surface area contributed by atoms with Gasteiger partial charge < -0.3 is 15.1 Å². The van der Waals surface area contributed by atoms with Gasteiger partial charge in [-0.2, -0.15) is 0 Å². The summed E-state index contributed by atoms with van der Waals surface area (Å²) >= 11 is 0. The molecule has 1 saturated heterocycles. The summed E-state index contributed by atoms with van der Waals surface area (Å²) in [4.78, 5) is 21.0. The average Bonchev–Trinajstić information content (AvgIpc) is 2.53. The summed E-state index contributed by atoms with van der Waals surface area (Å²) in [6.07, 6.45) is 4.82. The van der Waals surface area contributed by atoms with Crippen LogP contribution in [0, 0.1) is 0 Å². The number of rotatable bonds is 5. The lowest BCUT2D eigenvalue weighted by molar-refractivity contribution is 0.0659. The topological polar surface area (TPSA) is 48.5 Å². The van der Waals surface area contributed by atoms with E-state index in [1.54, 1.807) is 6.20 Å². The first-order valence-corrected chi connectivity index (χ1v) is 7.77. The molecule has 5 nitrogen and oxygen atoms in total. The molecule has 1 fully saturated rings. The van der Waals surface area contributed by atoms with Crippen LogP contribution < -0.4 is 5.32 Å². The van der Waals surface area contributed by atoms with Crippen molar-refractivity contribution in [2.75, 3.05) is 39.0 Å². The second kappa shape index (κ2) is 7.41. The third-order valence-electron chi connectivity index (χ3n) is 4.12. The highest BCUT2D eigenvalue weighted by Crippen LogP contribution is 2.17. The van der Waals surface area contributed by atoms with Crippen LogP contribution >= 0.6 is 0 Å². The molecule has 0 unspecified atom stereocenters. The Morgan fingerprint density at radius 1 is 1.43 bits per heavy atom. The number of pyridine rings is 1. The molecule has 0 radical (unpaired) electrons. The van der Waals surface area contributed by atoms with Gasteiger partial charge in [0.2, 0.25) is 0 Å². The third-order valence-corrected chi connectivity index (χ3v) is 4.12. The van der Waals surface area contributed by atoms with Crippen molar-refractivity contribution >= 4 is 11.7 Å². The van der Waals surface area contributed by atoms with Crippen LogP contribution in [0.15, 0.2) is 18.3 Å². The lowest BCUT2D eigenvalue weighted by Crippen LogP contribution is -2.44. The number of carbonyl (C=O) groups excluding carboxylic acids is 1. The molecule has 0 bridgehead atoms. The van der Waals surface area contributed by atoms with Crippen molar-refractivity contribution in [1.82, 2.24) is 14.8 Å². The Labute approximate surface area is 127 Å². The van der Waals surface area contributed by atoms with Crippen LogP contribution in [0.2, 0.25) is 0 Å². The van der Waals surface area contributed by atoms with Gasteiger partial charge in [-0.05, 0) is 51.5 Å². The largest absolute Gasteiger partial charge is 0.370 e. The minimum atomic E-state index is 0.0686. The van der Waals surface area contributed by atoms with Crippen molar-refractivity contribution in [3.8, 4) is 0 Å². The SMILES string of the molecule is CCCNc1ccc(C(=O)N(C)C2CCN(C)CC2)cn1. The number of nitrogens with one attached hydrogen (secondary N) is 1. The highest BCUT2D eigenvalue weighted by molar-refractivity contribution is 5.94. The smallest absolute Gasteiger partial charge is 0.255 e. The molecule has 0 saturated carbocycles. The van der Waals surface area contributed by atoms with Gasteiger partial charge in [0.15, 0.2) is 0 Å². The predicted octanol–water partition coefficient (Wildman–Crippen LogP) is 2.07. The highest BCUT2D eigenvalue weighted by Gasteiger charge is 2.24. The first-order valence-electron chi connectivity index (χ1n) is 7.77. The Balaban J connectivity index is 1.95. The predicted molar refractivity (Wildman–Crippen MR) is 85.6 cm³/mol. The van der Waals surface area contributed by atoms with Gasteiger partial charge in [0.25, 0.3) is 5.91 Å². The number of piperidine rings is 1. The summed E-state index contributed by atoms with van der Waals surface area (Å²) in [6, 6.07) is 4.08. The van der Waals surface area contributed by atoms with Gasteiger partial charge in [0.1, 0.15) is 5.82 Å². The number of nitrogens with zero attached hydrogens (tertiary/aromatic N) is 3. The van der Waals surface area contributed by atoms with E-state index in [-0.39, 0.29) is 5.91 Å². The van der Waals surface area contributed by atoms with Crippen molar-refractivity contribution in [2.24, 2.45) is 0 Å². The molecule has 0 spiro atoms. The van der Waals surface area contributed by atoms with E-state index in [0.29, 0.717) is 11.6 Å². The van der Waals surface area contributed by atoms with Crippen LogP contribution in [0.4, 0.5) is 5.82 Å². The van der Waals surface area contributed by atoms with Crippen molar-refractivity contribution in [3.63, 3.8) is 0 Å². The number of amides is 1. The zero-order valence-electron chi connectivity index (χ0n) is 13.3. The van der Waals surface area contributed by atoms with Gasteiger partial charge >= 0.3 is 0 Å². The van der Waals surface area contributed by atoms with E-state index in [0.717, 1.165) is 44.7 Å². The Kier molecular flexibility index (Phi) is 5.56. The second-order valence-corrected chi connectivity index (χ2v) is 5.81. The van der Waals surface area contributed by atoms with Gasteiger partial charge in [-0.15, -0.1) is 0 Å². The Morgan fingerprint density at radius 2 is 2.14 bits per heavy atom. The number of anilines is 1. The molecule has 1 N–H and O–H groups in total. The Morgan fingerprint density at radius 3 is 2.71 bits per heavy atom. The first-order chi connectivity index (χ1) is 10.1. The minimum absolute atomic E-state index is 0.0686. The normalized spacial score (nSPS) is 16.7. The van der Waals surface area contributed by atoms with Gasteiger partial charge in [-0.1, -0.05) is 6.92 Å². The molecular formula is C16H26N4O. The minimum Gasteiger partial charge on any atom is -0.370 e. The monoisotopic (exact) mass is 290 g/mol. The Bertz CT molecular complexity index is 452. The second-order valence-electron chi connectivity index (χ2n) is 5.81. The van der Waals surface area contributed by atoms with E-state index < -0.39 is 0 Å². The van der Waals surface area contributed by atoms with Gasteiger partial charge in [0.05, 0.1) is 5.56 Å². The maximum atomic E-state index is 12.5. The summed E-state index contributed by atoms with van der Waals surface area (Å²) in [6.45, 7) is 5.12. The van der Waals surface area contributed by atoms with E-state index in [2.05, 4.69) is 29.2 Å². The van der Waals surface area contributed by atoms with Gasteiger partial charge in [-0.3, -0.25) is 4.79 Å². The fourth-order valence-corrected chi connectivity index (χ4v) is 2.63. The van der Waals surface area contributed by atoms with Gasteiger partial charge in [0, 0.05) is 25.8 Å². The maximum Gasteiger partial charge on any atom is 0.255 e. The average molecular weight is 290 g/mol. The summed E-state index contributed by atoms with van der Waals surface area (Å²) in [7, 11) is 4.03. The number of hydrogen-bond donors (Lipinski definition) is 1. The molecule has 0 aromatic carbocycles. The number of likely N-dealkylation sites (tertiary alicyclic amines) is 1. The van der Waals surface area contributed by atoms with Crippen molar-refractivity contribution in [3.05, 3.63) is 23.9 Å². The molecule has 5 heteroatoms. The lowest BCUT2D eigenvalue weighted by Gasteiger charge is -2.35. The molecule has 1 aromatic rings. The van der Waals surface area contributed by atoms with E-state index in [1.807, 2.05) is 24.1 Å². The van der Waals surface area contributed by atoms with E-state index in [4.69, 9.17) is 0 Å². The first kappa shape index (κ1) is 15.8. The number of aromatic nitrogens is 1. The summed E-state index contributed by atoms with van der Waals surface area (Å²) in [5.41, 5.74) is 0.665. The fourth-order valence-electron chi connectivity index (χ4n) is 2.63. The molecular weight excluding hydrogens is 264 g/mol. The molecule has 21 heavy (non-hydrogen) atoms.